The first-order chi connectivity index (χ1) is 10.9. The van der Waals surface area contributed by atoms with E-state index in [2.05, 4.69) is 5.18 Å². The monoisotopic (exact) mass is 322 g/mol. The maximum atomic E-state index is 12.9. The van der Waals surface area contributed by atoms with Gasteiger partial charge in [-0.3, -0.25) is 0 Å². The molecule has 2 aromatic rings. The Hall–Kier alpha value is -2.57. The van der Waals surface area contributed by atoms with Crippen LogP contribution in [0.2, 0.25) is 0 Å². The first-order valence-corrected chi connectivity index (χ1v) is 6.98. The Morgan fingerprint density at radius 3 is 2.74 bits per heavy atom. The Labute approximate surface area is 129 Å². The fourth-order valence-electron chi connectivity index (χ4n) is 2.81. The minimum atomic E-state index is -4.30. The van der Waals surface area contributed by atoms with Crippen LogP contribution in [-0.2, 0) is 6.54 Å². The minimum absolute atomic E-state index is 0.0682. The van der Waals surface area contributed by atoms with E-state index in [9.17, 15) is 23.2 Å². The van der Waals surface area contributed by atoms with Crippen molar-refractivity contribution in [2.75, 3.05) is 0 Å². The molecule has 7 heteroatoms. The van der Waals surface area contributed by atoms with Gasteiger partial charge >= 0.3 is 6.18 Å². The largest absolute Gasteiger partial charge is 0.493 e. The van der Waals surface area contributed by atoms with Crippen molar-refractivity contribution in [1.29, 1.82) is 0 Å². The van der Waals surface area contributed by atoms with Crippen LogP contribution in [0, 0.1) is 10.8 Å². The van der Waals surface area contributed by atoms with Gasteiger partial charge in [0.05, 0.1) is 11.4 Å². The number of para-hydroxylation sites is 1. The van der Waals surface area contributed by atoms with E-state index >= 15 is 0 Å². The average molecular weight is 322 g/mol. The van der Waals surface area contributed by atoms with Gasteiger partial charge in [0.15, 0.2) is 5.69 Å². The molecule has 0 saturated carbocycles. The molecule has 0 aliphatic heterocycles. The van der Waals surface area contributed by atoms with Crippen molar-refractivity contribution >= 4 is 16.6 Å². The van der Waals surface area contributed by atoms with Gasteiger partial charge in [-0.15, -0.1) is 4.91 Å². The SMILES string of the molecule is O=Nc1c(O)n(CC2=CC=CC(C(F)(F)F)C2)c2ccccc12. The van der Waals surface area contributed by atoms with Gasteiger partial charge in [-0.2, -0.15) is 13.2 Å². The van der Waals surface area contributed by atoms with E-state index in [1.54, 1.807) is 30.3 Å². The number of nitroso groups, excluding NO2 is 1. The third-order valence-electron chi connectivity index (χ3n) is 3.95. The van der Waals surface area contributed by atoms with Gasteiger partial charge in [0.25, 0.3) is 0 Å². The molecular weight excluding hydrogens is 309 g/mol. The lowest BCUT2D eigenvalue weighted by Crippen LogP contribution is -2.23. The molecule has 0 amide bonds. The molecule has 4 nitrogen and oxygen atoms in total. The second-order valence-electron chi connectivity index (χ2n) is 5.43. The molecule has 0 radical (unpaired) electrons. The maximum Gasteiger partial charge on any atom is 0.395 e. The Bertz CT molecular complexity index is 819. The molecule has 1 aromatic carbocycles. The summed E-state index contributed by atoms with van der Waals surface area (Å²) >= 11 is 0. The fraction of sp³-hybridized carbons (Fsp3) is 0.250. The second kappa shape index (κ2) is 5.57. The standard InChI is InChI=1S/C16H13F3N2O2/c17-16(18,19)11-5-3-4-10(8-11)9-21-13-7-2-1-6-12(13)14(20-23)15(21)22/h1-7,11,22H,8-9H2. The molecule has 1 heterocycles. The van der Waals surface area contributed by atoms with E-state index in [0.717, 1.165) is 6.08 Å². The topological polar surface area (TPSA) is 54.6 Å². The highest BCUT2D eigenvalue weighted by atomic mass is 19.4. The molecule has 1 aromatic heterocycles. The predicted molar refractivity (Wildman–Crippen MR) is 80.4 cm³/mol. The molecule has 1 aliphatic carbocycles. The van der Waals surface area contributed by atoms with Crippen LogP contribution >= 0.6 is 0 Å². The first-order valence-electron chi connectivity index (χ1n) is 6.98. The van der Waals surface area contributed by atoms with E-state index in [-0.39, 0.29) is 24.5 Å². The average Bonchev–Trinajstić information content (AvgIpc) is 2.79. The van der Waals surface area contributed by atoms with Gasteiger partial charge < -0.3 is 9.67 Å². The van der Waals surface area contributed by atoms with Crippen LogP contribution in [0.25, 0.3) is 10.9 Å². The molecule has 1 unspecified atom stereocenters. The van der Waals surface area contributed by atoms with Crippen LogP contribution in [-0.4, -0.2) is 15.8 Å². The lowest BCUT2D eigenvalue weighted by atomic mass is 9.93. The van der Waals surface area contributed by atoms with Gasteiger partial charge in [0, 0.05) is 11.9 Å². The number of rotatable bonds is 3. The zero-order valence-corrected chi connectivity index (χ0v) is 11.9. The Balaban J connectivity index is 1.97. The van der Waals surface area contributed by atoms with Crippen molar-refractivity contribution in [3.05, 3.63) is 53.0 Å². The molecule has 0 saturated heterocycles. The zero-order chi connectivity index (χ0) is 16.6. The van der Waals surface area contributed by atoms with Gasteiger partial charge in [-0.25, -0.2) is 0 Å². The third kappa shape index (κ3) is 2.74. The van der Waals surface area contributed by atoms with E-state index in [0.29, 0.717) is 16.5 Å². The van der Waals surface area contributed by atoms with Gasteiger partial charge in [-0.1, -0.05) is 36.4 Å². The fourth-order valence-corrected chi connectivity index (χ4v) is 2.81. The van der Waals surface area contributed by atoms with Gasteiger partial charge in [-0.05, 0) is 23.2 Å². The van der Waals surface area contributed by atoms with E-state index < -0.39 is 12.1 Å². The highest BCUT2D eigenvalue weighted by Crippen LogP contribution is 2.40. The number of hydrogen-bond acceptors (Lipinski definition) is 3. The van der Waals surface area contributed by atoms with Crippen molar-refractivity contribution in [2.24, 2.45) is 11.1 Å². The molecule has 0 bridgehead atoms. The predicted octanol–water partition coefficient (Wildman–Crippen LogP) is 4.81. The molecule has 0 spiro atoms. The molecule has 120 valence electrons. The summed E-state index contributed by atoms with van der Waals surface area (Å²) in [6.45, 7) is 0.0682. The van der Waals surface area contributed by atoms with Crippen LogP contribution < -0.4 is 0 Å². The molecule has 0 fully saturated rings. The van der Waals surface area contributed by atoms with Gasteiger partial charge in [0.2, 0.25) is 5.88 Å². The van der Waals surface area contributed by atoms with Crippen LogP contribution in [0.15, 0.2) is 53.2 Å². The zero-order valence-electron chi connectivity index (χ0n) is 11.9. The number of hydrogen-bond donors (Lipinski definition) is 1. The number of benzene rings is 1. The summed E-state index contributed by atoms with van der Waals surface area (Å²) in [4.78, 5) is 10.9. The summed E-state index contributed by atoms with van der Waals surface area (Å²) in [6, 6.07) is 6.74. The quantitative estimate of drug-likeness (QED) is 0.825. The maximum absolute atomic E-state index is 12.9. The molecule has 1 N–H and O–H groups in total. The highest BCUT2D eigenvalue weighted by molar-refractivity contribution is 5.95. The normalized spacial score (nSPS) is 18.2. The Kier molecular flexibility index (Phi) is 3.71. The second-order valence-corrected chi connectivity index (χ2v) is 5.43. The smallest absolute Gasteiger partial charge is 0.395 e. The molecule has 1 atom stereocenters. The third-order valence-corrected chi connectivity index (χ3v) is 3.95. The summed E-state index contributed by atoms with van der Waals surface area (Å²) in [6.07, 6.45) is -0.374. The van der Waals surface area contributed by atoms with Crippen molar-refractivity contribution in [1.82, 2.24) is 4.57 Å². The molecule has 1 aliphatic rings. The van der Waals surface area contributed by atoms with Crippen molar-refractivity contribution in [2.45, 2.75) is 19.1 Å². The molecule has 23 heavy (non-hydrogen) atoms. The van der Waals surface area contributed by atoms with Crippen LogP contribution in [0.4, 0.5) is 18.9 Å². The Morgan fingerprint density at radius 1 is 1.30 bits per heavy atom. The number of halogens is 3. The van der Waals surface area contributed by atoms with Crippen LogP contribution in [0.1, 0.15) is 6.42 Å². The first kappa shape index (κ1) is 15.3. The summed E-state index contributed by atoms with van der Waals surface area (Å²) in [7, 11) is 0. The minimum Gasteiger partial charge on any atom is -0.493 e. The number of alkyl halides is 3. The summed E-state index contributed by atoms with van der Waals surface area (Å²) in [5.74, 6) is -1.87. The van der Waals surface area contributed by atoms with Gasteiger partial charge in [0.1, 0.15) is 0 Å². The van der Waals surface area contributed by atoms with E-state index in [1.807, 2.05) is 0 Å². The van der Waals surface area contributed by atoms with Crippen molar-refractivity contribution < 1.29 is 18.3 Å². The summed E-state index contributed by atoms with van der Waals surface area (Å²) in [5, 5.41) is 13.5. The van der Waals surface area contributed by atoms with Crippen molar-refractivity contribution in [3.63, 3.8) is 0 Å². The lowest BCUT2D eigenvalue weighted by molar-refractivity contribution is -0.161. The number of fused-ring (bicyclic) bond motifs is 1. The molecule has 3 rings (SSSR count). The van der Waals surface area contributed by atoms with Crippen molar-refractivity contribution in [3.8, 4) is 5.88 Å². The Morgan fingerprint density at radius 2 is 2.04 bits per heavy atom. The lowest BCUT2D eigenvalue weighted by Gasteiger charge is -2.21. The van der Waals surface area contributed by atoms with Crippen LogP contribution in [0.3, 0.4) is 0 Å². The van der Waals surface area contributed by atoms with Crippen LogP contribution in [0.5, 0.6) is 5.88 Å². The molecular formula is C16H13F3N2O2. The summed E-state index contributed by atoms with van der Waals surface area (Å²) in [5.41, 5.74) is 0.974. The number of aromatic nitrogens is 1. The van der Waals surface area contributed by atoms with E-state index in [1.165, 1.54) is 10.6 Å². The summed E-state index contributed by atoms with van der Waals surface area (Å²) < 4.78 is 40.0. The number of allylic oxidation sites excluding steroid dienone is 4. The van der Waals surface area contributed by atoms with E-state index in [4.69, 9.17) is 0 Å². The number of nitrogens with zero attached hydrogens (tertiary/aromatic N) is 2. The number of aromatic hydroxyl groups is 1. The highest BCUT2D eigenvalue weighted by Gasteiger charge is 2.38.